The number of carbonyl (C=O) groups excluding carboxylic acids is 1. The molecule has 2 heterocycles. The summed E-state index contributed by atoms with van der Waals surface area (Å²) in [6.45, 7) is 1.91. The Morgan fingerprint density at radius 1 is 1.21 bits per heavy atom. The van der Waals surface area contributed by atoms with Gasteiger partial charge in [-0.05, 0) is 35.2 Å². The number of nitrogens with two attached hydrogens (primary N) is 1. The number of benzene rings is 2. The largest absolute Gasteiger partial charge is 0.496 e. The Kier molecular flexibility index (Phi) is 5.08. The molecule has 4 rings (SSSR count). The van der Waals surface area contributed by atoms with Gasteiger partial charge >= 0.3 is 0 Å². The maximum atomic E-state index is 12.1. The van der Waals surface area contributed by atoms with Crippen molar-refractivity contribution in [1.82, 2.24) is 19.7 Å². The number of fused-ring (bicyclic) bond motifs is 1. The molecule has 0 fully saturated rings. The van der Waals surface area contributed by atoms with Gasteiger partial charge in [0.15, 0.2) is 0 Å². The van der Waals surface area contributed by atoms with Crippen LogP contribution in [0.4, 0.5) is 0 Å². The topological polar surface area (TPSA) is 86.3 Å². The van der Waals surface area contributed by atoms with E-state index in [4.69, 9.17) is 10.5 Å². The zero-order valence-electron chi connectivity index (χ0n) is 15.8. The highest BCUT2D eigenvalue weighted by Crippen LogP contribution is 2.27. The van der Waals surface area contributed by atoms with Crippen molar-refractivity contribution in [3.63, 3.8) is 0 Å². The molecule has 1 aliphatic rings. The quantitative estimate of drug-likeness (QED) is 0.707. The fraction of sp³-hybridized carbons (Fsp3) is 0.286. The van der Waals surface area contributed by atoms with E-state index in [-0.39, 0.29) is 11.9 Å². The third kappa shape index (κ3) is 3.75. The summed E-state index contributed by atoms with van der Waals surface area (Å²) in [7, 11) is 1.66. The molecule has 1 aromatic heterocycles. The Bertz CT molecular complexity index is 971. The Labute approximate surface area is 163 Å². The van der Waals surface area contributed by atoms with Crippen LogP contribution in [-0.4, -0.2) is 38.7 Å². The van der Waals surface area contributed by atoms with E-state index >= 15 is 0 Å². The second-order valence-electron chi connectivity index (χ2n) is 7.04. The molecule has 1 amide bonds. The first-order valence-corrected chi connectivity index (χ1v) is 9.22. The van der Waals surface area contributed by atoms with E-state index in [1.54, 1.807) is 18.1 Å². The van der Waals surface area contributed by atoms with E-state index in [1.165, 1.54) is 17.5 Å². The minimum Gasteiger partial charge on any atom is -0.496 e. The summed E-state index contributed by atoms with van der Waals surface area (Å²) in [6, 6.07) is 14.0. The molecule has 0 aliphatic carbocycles. The van der Waals surface area contributed by atoms with Gasteiger partial charge in [-0.1, -0.05) is 30.3 Å². The van der Waals surface area contributed by atoms with E-state index in [0.717, 1.165) is 16.9 Å². The molecule has 0 saturated heterocycles. The van der Waals surface area contributed by atoms with Crippen LogP contribution in [-0.2, 0) is 30.8 Å². The highest BCUT2D eigenvalue weighted by Gasteiger charge is 2.30. The molecule has 3 aromatic rings. The van der Waals surface area contributed by atoms with Crippen molar-refractivity contribution in [1.29, 1.82) is 0 Å². The van der Waals surface area contributed by atoms with Crippen molar-refractivity contribution in [3.05, 3.63) is 77.4 Å². The number of nitrogens with zero attached hydrogens (tertiary/aromatic N) is 4. The number of methoxy groups -OCH3 is 1. The van der Waals surface area contributed by atoms with Crippen LogP contribution >= 0.6 is 0 Å². The SMILES string of the molecule is COc1ccc(CN2Cc3ccccc3C[C@H]2C(N)=O)cc1Cn1cncn1. The second kappa shape index (κ2) is 7.82. The smallest absolute Gasteiger partial charge is 0.235 e. The summed E-state index contributed by atoms with van der Waals surface area (Å²) >= 11 is 0. The first-order valence-electron chi connectivity index (χ1n) is 9.22. The monoisotopic (exact) mass is 377 g/mol. The predicted octanol–water partition coefficient (Wildman–Crippen LogP) is 1.75. The lowest BCUT2D eigenvalue weighted by Gasteiger charge is -2.35. The van der Waals surface area contributed by atoms with Gasteiger partial charge in [0, 0.05) is 18.7 Å². The number of ether oxygens (including phenoxy) is 1. The molecule has 28 heavy (non-hydrogen) atoms. The van der Waals surface area contributed by atoms with Crippen molar-refractivity contribution in [2.24, 2.45) is 5.73 Å². The zero-order chi connectivity index (χ0) is 19.5. The van der Waals surface area contributed by atoms with Crippen LogP contribution in [0.2, 0.25) is 0 Å². The standard InChI is InChI=1S/C21H23N5O2/c1-28-20-7-6-15(8-18(20)12-26-14-23-13-24-26)10-25-11-17-5-3-2-4-16(17)9-19(25)21(22)27/h2-8,13-14,19H,9-12H2,1H3,(H2,22,27)/t19-/m0/s1. The Hall–Kier alpha value is -3.19. The molecule has 0 unspecified atom stereocenters. The predicted molar refractivity (Wildman–Crippen MR) is 104 cm³/mol. The molecule has 144 valence electrons. The van der Waals surface area contributed by atoms with Crippen LogP contribution in [0.5, 0.6) is 5.75 Å². The summed E-state index contributed by atoms with van der Waals surface area (Å²) < 4.78 is 7.25. The van der Waals surface area contributed by atoms with Crippen LogP contribution in [0.3, 0.4) is 0 Å². The molecule has 7 nitrogen and oxygen atoms in total. The molecule has 1 atom stereocenters. The van der Waals surface area contributed by atoms with Gasteiger partial charge in [-0.3, -0.25) is 9.69 Å². The lowest BCUT2D eigenvalue weighted by molar-refractivity contribution is -0.124. The number of amides is 1. The highest BCUT2D eigenvalue weighted by molar-refractivity contribution is 5.80. The van der Waals surface area contributed by atoms with Gasteiger partial charge in [-0.2, -0.15) is 5.10 Å². The van der Waals surface area contributed by atoms with E-state index in [1.807, 2.05) is 24.3 Å². The van der Waals surface area contributed by atoms with Crippen LogP contribution in [0, 0.1) is 0 Å². The van der Waals surface area contributed by atoms with Crippen molar-refractivity contribution in [3.8, 4) is 5.75 Å². The molecular weight excluding hydrogens is 354 g/mol. The Morgan fingerprint density at radius 3 is 2.75 bits per heavy atom. The van der Waals surface area contributed by atoms with E-state index < -0.39 is 0 Å². The molecule has 0 saturated carbocycles. The summed E-state index contributed by atoms with van der Waals surface area (Å²) in [5.74, 6) is 0.514. The van der Waals surface area contributed by atoms with E-state index in [0.29, 0.717) is 26.1 Å². The van der Waals surface area contributed by atoms with Gasteiger partial charge in [0.2, 0.25) is 5.91 Å². The summed E-state index contributed by atoms with van der Waals surface area (Å²) in [6.07, 6.45) is 3.84. The third-order valence-electron chi connectivity index (χ3n) is 5.20. The first-order chi connectivity index (χ1) is 13.6. The van der Waals surface area contributed by atoms with Crippen molar-refractivity contribution in [2.45, 2.75) is 32.1 Å². The molecule has 2 N–H and O–H groups in total. The van der Waals surface area contributed by atoms with E-state index in [9.17, 15) is 4.79 Å². The van der Waals surface area contributed by atoms with Gasteiger partial charge in [-0.25, -0.2) is 9.67 Å². The van der Waals surface area contributed by atoms with Crippen LogP contribution in [0.1, 0.15) is 22.3 Å². The van der Waals surface area contributed by atoms with Crippen LogP contribution in [0.25, 0.3) is 0 Å². The summed E-state index contributed by atoms with van der Waals surface area (Å²) in [5, 5.41) is 4.17. The van der Waals surface area contributed by atoms with Crippen molar-refractivity contribution in [2.75, 3.05) is 7.11 Å². The van der Waals surface area contributed by atoms with Gasteiger partial charge < -0.3 is 10.5 Å². The maximum absolute atomic E-state index is 12.1. The molecule has 0 bridgehead atoms. The van der Waals surface area contributed by atoms with Gasteiger partial charge in [0.1, 0.15) is 18.4 Å². The van der Waals surface area contributed by atoms with Crippen LogP contribution in [0.15, 0.2) is 55.1 Å². The van der Waals surface area contributed by atoms with Crippen molar-refractivity contribution < 1.29 is 9.53 Å². The molecular formula is C21H23N5O2. The van der Waals surface area contributed by atoms with Gasteiger partial charge in [0.25, 0.3) is 0 Å². The van der Waals surface area contributed by atoms with Crippen LogP contribution < -0.4 is 10.5 Å². The average Bonchev–Trinajstić information content (AvgIpc) is 3.20. The highest BCUT2D eigenvalue weighted by atomic mass is 16.5. The maximum Gasteiger partial charge on any atom is 0.235 e. The molecule has 1 aliphatic heterocycles. The zero-order valence-corrected chi connectivity index (χ0v) is 15.8. The fourth-order valence-corrected chi connectivity index (χ4v) is 3.80. The molecule has 0 spiro atoms. The number of hydrogen-bond acceptors (Lipinski definition) is 5. The Balaban J connectivity index is 1.59. The molecule has 7 heteroatoms. The number of hydrogen-bond donors (Lipinski definition) is 1. The first kappa shape index (κ1) is 18.2. The van der Waals surface area contributed by atoms with E-state index in [2.05, 4.69) is 33.2 Å². The van der Waals surface area contributed by atoms with Crippen molar-refractivity contribution >= 4 is 5.91 Å². The van der Waals surface area contributed by atoms with Gasteiger partial charge in [-0.15, -0.1) is 0 Å². The number of primary amides is 1. The summed E-state index contributed by atoms with van der Waals surface area (Å²) in [4.78, 5) is 18.2. The third-order valence-corrected chi connectivity index (χ3v) is 5.20. The normalized spacial score (nSPS) is 16.5. The second-order valence-corrected chi connectivity index (χ2v) is 7.04. The Morgan fingerprint density at radius 2 is 2.04 bits per heavy atom. The number of rotatable bonds is 6. The lowest BCUT2D eigenvalue weighted by atomic mass is 9.93. The lowest BCUT2D eigenvalue weighted by Crippen LogP contribution is -2.48. The fourth-order valence-electron chi connectivity index (χ4n) is 3.80. The minimum atomic E-state index is -0.309. The van der Waals surface area contributed by atoms with Gasteiger partial charge in [0.05, 0.1) is 19.7 Å². The molecule has 0 radical (unpaired) electrons. The molecule has 2 aromatic carbocycles. The number of aromatic nitrogens is 3. The minimum absolute atomic E-state index is 0.286. The number of carbonyl (C=O) groups is 1. The average molecular weight is 377 g/mol. The summed E-state index contributed by atoms with van der Waals surface area (Å²) in [5.41, 5.74) is 10.3.